The summed E-state index contributed by atoms with van der Waals surface area (Å²) in [5.74, 6) is -0.745. The molecule has 0 saturated heterocycles. The van der Waals surface area contributed by atoms with E-state index in [4.69, 9.17) is 16.3 Å². The molecule has 0 aliphatic heterocycles. The fraction of sp³-hybridized carbons (Fsp3) is 0.211. The zero-order valence-electron chi connectivity index (χ0n) is 14.8. The largest absolute Gasteiger partial charge is 0.442 e. The molecule has 0 aliphatic carbocycles. The summed E-state index contributed by atoms with van der Waals surface area (Å²) in [6.45, 7) is -0.00107. The Labute approximate surface area is 165 Å². The minimum Gasteiger partial charge on any atom is -0.442 e. The van der Waals surface area contributed by atoms with Gasteiger partial charge in [0.2, 0.25) is 0 Å². The molecule has 8 nitrogen and oxygen atoms in total. The lowest BCUT2D eigenvalue weighted by Gasteiger charge is -2.07. The first-order chi connectivity index (χ1) is 13.5. The summed E-state index contributed by atoms with van der Waals surface area (Å²) in [5.41, 5.74) is 0.585. The van der Waals surface area contributed by atoms with Crippen LogP contribution in [0.15, 0.2) is 53.3 Å². The third-order valence-corrected chi connectivity index (χ3v) is 4.18. The number of hydrogen-bond acceptors (Lipinski definition) is 6. The van der Waals surface area contributed by atoms with Crippen LogP contribution in [0.3, 0.4) is 0 Å². The van der Waals surface area contributed by atoms with E-state index in [-0.39, 0.29) is 24.6 Å². The third kappa shape index (κ3) is 4.92. The fourth-order valence-corrected chi connectivity index (χ4v) is 2.58. The first-order valence-electron chi connectivity index (χ1n) is 8.56. The molecule has 2 aromatic carbocycles. The third-order valence-electron chi connectivity index (χ3n) is 3.93. The Kier molecular flexibility index (Phi) is 6.33. The van der Waals surface area contributed by atoms with Crippen molar-refractivity contribution in [1.82, 2.24) is 20.3 Å². The SMILES string of the molecule is O=C(CCCNC(=O)c1ccc(Cl)cc1)OCn1nnc2ccccc2c1=O. The number of esters is 1. The molecule has 0 bridgehead atoms. The van der Waals surface area contributed by atoms with E-state index in [1.54, 1.807) is 48.5 Å². The molecule has 0 unspecified atom stereocenters. The molecule has 3 aromatic rings. The molecule has 1 aromatic heterocycles. The molecule has 0 saturated carbocycles. The number of carbonyl (C=O) groups excluding carboxylic acids is 2. The van der Waals surface area contributed by atoms with Crippen molar-refractivity contribution in [3.05, 3.63) is 69.5 Å². The highest BCUT2D eigenvalue weighted by atomic mass is 35.5. The van der Waals surface area contributed by atoms with Crippen LogP contribution in [0.25, 0.3) is 10.9 Å². The predicted octanol–water partition coefficient (Wildman–Crippen LogP) is 2.16. The van der Waals surface area contributed by atoms with Gasteiger partial charge in [-0.1, -0.05) is 28.9 Å². The number of halogens is 1. The highest BCUT2D eigenvalue weighted by molar-refractivity contribution is 6.30. The van der Waals surface area contributed by atoms with Gasteiger partial charge in [0, 0.05) is 23.6 Å². The van der Waals surface area contributed by atoms with Gasteiger partial charge in [-0.2, -0.15) is 4.68 Å². The number of nitrogens with one attached hydrogen (secondary N) is 1. The van der Waals surface area contributed by atoms with Crippen LogP contribution < -0.4 is 10.9 Å². The summed E-state index contributed by atoms with van der Waals surface area (Å²) in [6.07, 6.45) is 0.493. The minimum absolute atomic E-state index is 0.0939. The first kappa shape index (κ1) is 19.5. The van der Waals surface area contributed by atoms with Crippen LogP contribution in [-0.4, -0.2) is 33.4 Å². The van der Waals surface area contributed by atoms with Crippen LogP contribution >= 0.6 is 11.6 Å². The van der Waals surface area contributed by atoms with E-state index in [9.17, 15) is 14.4 Å². The van der Waals surface area contributed by atoms with E-state index in [1.165, 1.54) is 0 Å². The standard InChI is InChI=1S/C19H17ClN4O4/c20-14-9-7-13(8-10-14)18(26)21-11-3-6-17(25)28-12-24-19(27)15-4-1-2-5-16(15)22-23-24/h1-2,4-5,7-10H,3,6,11-12H2,(H,21,26). The predicted molar refractivity (Wildman–Crippen MR) is 103 cm³/mol. The van der Waals surface area contributed by atoms with Gasteiger partial charge in [-0.05, 0) is 42.8 Å². The lowest BCUT2D eigenvalue weighted by molar-refractivity contribution is -0.148. The van der Waals surface area contributed by atoms with E-state index >= 15 is 0 Å². The summed E-state index contributed by atoms with van der Waals surface area (Å²) in [6, 6.07) is 13.3. The Morgan fingerprint density at radius 3 is 2.64 bits per heavy atom. The van der Waals surface area contributed by atoms with Crippen molar-refractivity contribution in [3.63, 3.8) is 0 Å². The van der Waals surface area contributed by atoms with Crippen molar-refractivity contribution >= 4 is 34.4 Å². The highest BCUT2D eigenvalue weighted by Crippen LogP contribution is 2.09. The second-order valence-corrected chi connectivity index (χ2v) is 6.36. The Morgan fingerprint density at radius 1 is 1.11 bits per heavy atom. The second kappa shape index (κ2) is 9.09. The number of nitrogens with zero attached hydrogens (tertiary/aromatic N) is 3. The maximum absolute atomic E-state index is 12.2. The molecule has 0 aliphatic rings. The van der Waals surface area contributed by atoms with Crippen molar-refractivity contribution in [2.24, 2.45) is 0 Å². The van der Waals surface area contributed by atoms with Crippen LogP contribution in [0.2, 0.25) is 5.02 Å². The van der Waals surface area contributed by atoms with Gasteiger partial charge in [0.1, 0.15) is 5.52 Å². The average Bonchev–Trinajstić information content (AvgIpc) is 2.71. The summed E-state index contributed by atoms with van der Waals surface area (Å²) in [7, 11) is 0. The van der Waals surface area contributed by atoms with Crippen LogP contribution in [0.1, 0.15) is 23.2 Å². The molecule has 1 amide bonds. The Balaban J connectivity index is 1.42. The molecular weight excluding hydrogens is 384 g/mol. The number of ether oxygens (including phenoxy) is 1. The Morgan fingerprint density at radius 2 is 1.86 bits per heavy atom. The van der Waals surface area contributed by atoms with Gasteiger partial charge < -0.3 is 10.1 Å². The molecule has 0 spiro atoms. The van der Waals surface area contributed by atoms with Crippen molar-refractivity contribution in [2.75, 3.05) is 6.54 Å². The molecule has 3 rings (SSSR count). The molecule has 9 heteroatoms. The van der Waals surface area contributed by atoms with E-state index in [1.807, 2.05) is 0 Å². The number of benzene rings is 2. The van der Waals surface area contributed by atoms with Crippen molar-refractivity contribution < 1.29 is 14.3 Å². The van der Waals surface area contributed by atoms with Gasteiger partial charge in [-0.15, -0.1) is 5.10 Å². The van der Waals surface area contributed by atoms with Crippen LogP contribution in [0, 0.1) is 0 Å². The first-order valence-corrected chi connectivity index (χ1v) is 8.94. The number of hydrogen-bond donors (Lipinski definition) is 1. The van der Waals surface area contributed by atoms with Gasteiger partial charge >= 0.3 is 5.97 Å². The monoisotopic (exact) mass is 400 g/mol. The normalized spacial score (nSPS) is 10.6. The second-order valence-electron chi connectivity index (χ2n) is 5.92. The Hall–Kier alpha value is -3.26. The van der Waals surface area contributed by atoms with Gasteiger partial charge in [0.25, 0.3) is 11.5 Å². The lowest BCUT2D eigenvalue weighted by Crippen LogP contribution is -2.27. The fourth-order valence-electron chi connectivity index (χ4n) is 2.45. The lowest BCUT2D eigenvalue weighted by atomic mass is 10.2. The van der Waals surface area contributed by atoms with Crippen LogP contribution in [-0.2, 0) is 16.3 Å². The summed E-state index contributed by atoms with van der Waals surface area (Å²) in [5, 5.41) is 11.3. The van der Waals surface area contributed by atoms with Gasteiger partial charge in [0.05, 0.1) is 5.39 Å². The van der Waals surface area contributed by atoms with Gasteiger partial charge in [-0.25, -0.2) is 0 Å². The highest BCUT2D eigenvalue weighted by Gasteiger charge is 2.09. The molecule has 144 valence electrons. The van der Waals surface area contributed by atoms with Crippen molar-refractivity contribution in [1.29, 1.82) is 0 Å². The van der Waals surface area contributed by atoms with Crippen molar-refractivity contribution in [2.45, 2.75) is 19.6 Å². The molecule has 0 radical (unpaired) electrons. The molecule has 0 atom stereocenters. The number of fused-ring (bicyclic) bond motifs is 1. The number of rotatable bonds is 7. The van der Waals surface area contributed by atoms with E-state index in [0.29, 0.717) is 34.5 Å². The maximum Gasteiger partial charge on any atom is 0.307 e. The molecule has 0 fully saturated rings. The van der Waals surface area contributed by atoms with E-state index in [0.717, 1.165) is 4.68 Å². The van der Waals surface area contributed by atoms with Gasteiger partial charge in [-0.3, -0.25) is 14.4 Å². The van der Waals surface area contributed by atoms with Gasteiger partial charge in [0.15, 0.2) is 6.73 Å². The van der Waals surface area contributed by atoms with E-state index < -0.39 is 5.97 Å². The van der Waals surface area contributed by atoms with Crippen molar-refractivity contribution in [3.8, 4) is 0 Å². The maximum atomic E-state index is 12.2. The topological polar surface area (TPSA) is 103 Å². The summed E-state index contributed by atoms with van der Waals surface area (Å²) >= 11 is 5.78. The zero-order valence-corrected chi connectivity index (χ0v) is 15.6. The zero-order chi connectivity index (χ0) is 19.9. The van der Waals surface area contributed by atoms with E-state index in [2.05, 4.69) is 15.6 Å². The van der Waals surface area contributed by atoms with Crippen LogP contribution in [0.5, 0.6) is 0 Å². The number of carbonyl (C=O) groups is 2. The average molecular weight is 401 g/mol. The minimum atomic E-state index is -0.498. The summed E-state index contributed by atoms with van der Waals surface area (Å²) < 4.78 is 6.05. The number of amides is 1. The Bertz CT molecular complexity index is 1050. The molecule has 28 heavy (non-hydrogen) atoms. The number of aromatic nitrogens is 3. The molecule has 1 heterocycles. The summed E-state index contributed by atoms with van der Waals surface area (Å²) in [4.78, 5) is 36.0. The molecule has 1 N–H and O–H groups in total. The molecular formula is C19H17ClN4O4. The smallest absolute Gasteiger partial charge is 0.307 e. The van der Waals surface area contributed by atoms with Crippen LogP contribution in [0.4, 0.5) is 0 Å². The quantitative estimate of drug-likeness (QED) is 0.481.